The maximum absolute atomic E-state index is 4.64. The molecule has 2 N–H and O–H groups in total. The zero-order valence-electron chi connectivity index (χ0n) is 3.81. The molecule has 0 aromatic carbocycles. The van der Waals surface area contributed by atoms with Crippen LogP contribution in [-0.4, -0.2) is 13.4 Å². The lowest BCUT2D eigenvalue weighted by Crippen LogP contribution is -2.03. The fraction of sp³-hybridized carbons (Fsp3) is 1.00. The average Bonchev–Trinajstić information content (AvgIpc) is 1.61. The largest absolute Gasteiger partial charge is 0.354 e. The van der Waals surface area contributed by atoms with Crippen molar-refractivity contribution in [3.05, 3.63) is 0 Å². The molecule has 0 aliphatic heterocycles. The molecule has 0 bridgehead atoms. The van der Waals surface area contributed by atoms with Gasteiger partial charge in [-0.3, -0.25) is 4.84 Å². The van der Waals surface area contributed by atoms with Crippen LogP contribution in [0.25, 0.3) is 0 Å². The van der Waals surface area contributed by atoms with E-state index < -0.39 is 0 Å². The highest BCUT2D eigenvalue weighted by molar-refractivity contribution is 4.01. The lowest BCUT2D eigenvalue weighted by Gasteiger charge is -1.92. The molecule has 3 heteroatoms. The van der Waals surface area contributed by atoms with Crippen LogP contribution in [0.5, 0.6) is 0 Å². The molecule has 0 radical (unpaired) electrons. The molecular weight excluding hydrogens is 82.0 g/mol. The van der Waals surface area contributed by atoms with Crippen LogP contribution in [0.3, 0.4) is 0 Å². The monoisotopic (exact) mass is 91.1 g/mol. The molecule has 0 fully saturated rings. The van der Waals surface area contributed by atoms with Gasteiger partial charge in [-0.2, -0.15) is 0 Å². The van der Waals surface area contributed by atoms with Crippen molar-refractivity contribution in [3.63, 3.8) is 0 Å². The Hall–Kier alpha value is -0.120. The smallest absolute Gasteiger partial charge is 0.166 e. The topological polar surface area (TPSA) is 44.5 Å². The van der Waals surface area contributed by atoms with Gasteiger partial charge in [0.25, 0.3) is 0 Å². The lowest BCUT2D eigenvalue weighted by molar-refractivity contribution is -0.0508. The predicted octanol–water partition coefficient (Wildman–Crippen LogP) is -0.129. The van der Waals surface area contributed by atoms with Crippen molar-refractivity contribution in [2.24, 2.45) is 5.90 Å². The molecule has 0 aliphatic carbocycles. The Morgan fingerprint density at radius 2 is 2.33 bits per heavy atom. The van der Waals surface area contributed by atoms with E-state index in [2.05, 4.69) is 15.5 Å². The van der Waals surface area contributed by atoms with Crippen molar-refractivity contribution in [1.82, 2.24) is 0 Å². The first-order valence-electron chi connectivity index (χ1n) is 1.81. The molecule has 0 amide bonds. The molecule has 0 spiro atoms. The molecule has 38 valence electrons. The summed E-state index contributed by atoms with van der Waals surface area (Å²) in [7, 11) is 0. The van der Waals surface area contributed by atoms with E-state index in [1.807, 2.05) is 6.92 Å². The van der Waals surface area contributed by atoms with E-state index >= 15 is 0 Å². The minimum Gasteiger partial charge on any atom is -0.354 e. The maximum atomic E-state index is 4.64. The minimum absolute atomic E-state index is 0.191. The van der Waals surface area contributed by atoms with Crippen LogP contribution in [0.1, 0.15) is 6.92 Å². The van der Waals surface area contributed by atoms with E-state index in [1.54, 1.807) is 0 Å². The normalized spacial score (nSPS) is 9.00. The maximum Gasteiger partial charge on any atom is 0.166 e. The van der Waals surface area contributed by atoms with E-state index in [9.17, 15) is 0 Å². The SMILES string of the molecule is CCOCON. The number of ether oxygens (including phenoxy) is 1. The Kier molecular flexibility index (Phi) is 4.78. The third kappa shape index (κ3) is 3.88. The molecule has 0 atom stereocenters. The Labute approximate surface area is 37.0 Å². The van der Waals surface area contributed by atoms with Crippen LogP contribution in [0.4, 0.5) is 0 Å². The van der Waals surface area contributed by atoms with Crippen molar-refractivity contribution < 1.29 is 9.57 Å². The summed E-state index contributed by atoms with van der Waals surface area (Å²) < 4.78 is 4.64. The van der Waals surface area contributed by atoms with Crippen molar-refractivity contribution in [3.8, 4) is 0 Å². The third-order valence-corrected chi connectivity index (χ3v) is 0.355. The van der Waals surface area contributed by atoms with Crippen LogP contribution in [0, 0.1) is 0 Å². The highest BCUT2D eigenvalue weighted by Crippen LogP contribution is 1.66. The van der Waals surface area contributed by atoms with Crippen molar-refractivity contribution in [2.45, 2.75) is 6.92 Å². The summed E-state index contributed by atoms with van der Waals surface area (Å²) in [6, 6.07) is 0. The molecule has 0 aromatic rings. The quantitative estimate of drug-likeness (QED) is 0.299. The van der Waals surface area contributed by atoms with Gasteiger partial charge in [0, 0.05) is 6.61 Å². The second-order valence-corrected chi connectivity index (χ2v) is 0.777. The first-order valence-corrected chi connectivity index (χ1v) is 1.81. The van der Waals surface area contributed by atoms with Crippen molar-refractivity contribution >= 4 is 0 Å². The number of hydrogen-bond donors (Lipinski definition) is 1. The molecule has 0 aromatic heterocycles. The highest BCUT2D eigenvalue weighted by atomic mass is 16.7. The molecule has 0 heterocycles. The fourth-order valence-corrected chi connectivity index (χ4v) is 0.131. The highest BCUT2D eigenvalue weighted by Gasteiger charge is 1.72. The van der Waals surface area contributed by atoms with E-state index in [1.165, 1.54) is 0 Å². The first kappa shape index (κ1) is 5.88. The summed E-state index contributed by atoms with van der Waals surface area (Å²) >= 11 is 0. The van der Waals surface area contributed by atoms with E-state index in [0.29, 0.717) is 6.61 Å². The number of hydrogen-bond acceptors (Lipinski definition) is 3. The van der Waals surface area contributed by atoms with Crippen LogP contribution in [0.15, 0.2) is 0 Å². The Balaban J connectivity index is 2.34. The van der Waals surface area contributed by atoms with Gasteiger partial charge in [-0.05, 0) is 6.92 Å². The molecule has 0 rings (SSSR count). The molecule has 0 saturated heterocycles. The van der Waals surface area contributed by atoms with Gasteiger partial charge in [0.05, 0.1) is 0 Å². The predicted molar refractivity (Wildman–Crippen MR) is 21.8 cm³/mol. The van der Waals surface area contributed by atoms with Gasteiger partial charge in [0.15, 0.2) is 6.79 Å². The summed E-state index contributed by atoms with van der Waals surface area (Å²) in [5, 5.41) is 0. The molecule has 0 unspecified atom stereocenters. The number of rotatable bonds is 3. The van der Waals surface area contributed by atoms with E-state index in [4.69, 9.17) is 0 Å². The summed E-state index contributed by atoms with van der Waals surface area (Å²) in [6.45, 7) is 2.72. The van der Waals surface area contributed by atoms with Gasteiger partial charge in [-0.15, -0.1) is 0 Å². The molecule has 6 heavy (non-hydrogen) atoms. The molecule has 0 aliphatic rings. The van der Waals surface area contributed by atoms with Crippen molar-refractivity contribution in [1.29, 1.82) is 0 Å². The average molecular weight is 91.1 g/mol. The zero-order valence-corrected chi connectivity index (χ0v) is 3.81. The van der Waals surface area contributed by atoms with Crippen LogP contribution >= 0.6 is 0 Å². The molecule has 3 nitrogen and oxygen atoms in total. The first-order chi connectivity index (χ1) is 2.91. The second kappa shape index (κ2) is 4.88. The van der Waals surface area contributed by atoms with Crippen molar-refractivity contribution in [2.75, 3.05) is 13.4 Å². The van der Waals surface area contributed by atoms with Crippen LogP contribution in [-0.2, 0) is 9.57 Å². The summed E-state index contributed by atoms with van der Waals surface area (Å²) in [4.78, 5) is 4.06. The summed E-state index contributed by atoms with van der Waals surface area (Å²) in [5.41, 5.74) is 0. The van der Waals surface area contributed by atoms with Gasteiger partial charge in [0.2, 0.25) is 0 Å². The third-order valence-electron chi connectivity index (χ3n) is 0.355. The van der Waals surface area contributed by atoms with Gasteiger partial charge >= 0.3 is 0 Å². The summed E-state index contributed by atoms with van der Waals surface area (Å²) in [6.07, 6.45) is 0. The van der Waals surface area contributed by atoms with Crippen LogP contribution < -0.4 is 5.90 Å². The molecular formula is C3H9NO2. The minimum atomic E-state index is 0.191. The number of nitrogens with two attached hydrogens (primary N) is 1. The Morgan fingerprint density at radius 3 is 2.50 bits per heavy atom. The second-order valence-electron chi connectivity index (χ2n) is 0.777. The van der Waals surface area contributed by atoms with Crippen LogP contribution in [0.2, 0.25) is 0 Å². The Morgan fingerprint density at radius 1 is 1.67 bits per heavy atom. The fourth-order valence-electron chi connectivity index (χ4n) is 0.131. The molecule has 0 saturated carbocycles. The van der Waals surface area contributed by atoms with E-state index in [-0.39, 0.29) is 6.79 Å². The van der Waals surface area contributed by atoms with Gasteiger partial charge in [0.1, 0.15) is 0 Å². The standard InChI is InChI=1S/C3H9NO2/c1-2-5-3-6-4/h2-4H2,1H3. The van der Waals surface area contributed by atoms with E-state index in [0.717, 1.165) is 0 Å². The van der Waals surface area contributed by atoms with Gasteiger partial charge in [-0.25, -0.2) is 5.90 Å². The summed E-state index contributed by atoms with van der Waals surface area (Å²) in [5.74, 6) is 4.59. The Bertz CT molecular complexity index is 20.8. The van der Waals surface area contributed by atoms with Gasteiger partial charge in [-0.1, -0.05) is 0 Å². The zero-order chi connectivity index (χ0) is 4.83. The van der Waals surface area contributed by atoms with Gasteiger partial charge < -0.3 is 4.74 Å². The lowest BCUT2D eigenvalue weighted by atomic mass is 10.9.